The number of carbonyl (C=O) groups is 1. The lowest BCUT2D eigenvalue weighted by atomic mass is 10.0. The number of hydrogen-bond acceptors (Lipinski definition) is 4. The van der Waals surface area contributed by atoms with Crippen LogP contribution in [0, 0.1) is 5.92 Å². The minimum atomic E-state index is -3.47. The number of carbonyl (C=O) groups excluding carboxylic acids is 1. The molecule has 0 aliphatic carbocycles. The molecule has 1 aromatic carbocycles. The van der Waals surface area contributed by atoms with E-state index < -0.39 is 10.0 Å². The van der Waals surface area contributed by atoms with E-state index in [0.29, 0.717) is 30.3 Å². The average molecular weight is 362 g/mol. The monoisotopic (exact) mass is 362 g/mol. The maximum absolute atomic E-state index is 12.7. The molecule has 8 heteroatoms. The normalized spacial score (nSPS) is 16.7. The number of nitrogens with zero attached hydrogens (tertiary/aromatic N) is 3. The van der Waals surface area contributed by atoms with Gasteiger partial charge in [-0.3, -0.25) is 9.48 Å². The third-order valence-electron chi connectivity index (χ3n) is 4.46. The molecule has 1 N–H and O–H groups in total. The summed E-state index contributed by atoms with van der Waals surface area (Å²) >= 11 is 0. The zero-order chi connectivity index (χ0) is 18.0. The molecule has 1 saturated heterocycles. The van der Waals surface area contributed by atoms with Crippen LogP contribution in [0.15, 0.2) is 41.6 Å². The van der Waals surface area contributed by atoms with Crippen molar-refractivity contribution in [1.82, 2.24) is 14.1 Å². The molecule has 2 heterocycles. The Morgan fingerprint density at radius 3 is 2.40 bits per heavy atom. The Morgan fingerprint density at radius 1 is 1.20 bits per heavy atom. The molecule has 1 fully saturated rings. The number of anilines is 1. The van der Waals surface area contributed by atoms with Crippen LogP contribution in [0.3, 0.4) is 0 Å². The zero-order valence-electron chi connectivity index (χ0n) is 14.3. The van der Waals surface area contributed by atoms with Crippen LogP contribution in [0.25, 0.3) is 0 Å². The standard InChI is InChI=1S/C17H22N4O3S/c1-13-7-9-21(10-8-13)25(23,24)16-5-3-15(4-6-16)19-17(22)14-11-18-20(2)12-14/h3-6,11-13H,7-10H2,1-2H3,(H,19,22). The van der Waals surface area contributed by atoms with Gasteiger partial charge in [-0.05, 0) is 43.0 Å². The van der Waals surface area contributed by atoms with Crippen LogP contribution in [-0.2, 0) is 17.1 Å². The van der Waals surface area contributed by atoms with E-state index in [1.807, 2.05) is 0 Å². The van der Waals surface area contributed by atoms with Crippen molar-refractivity contribution in [2.75, 3.05) is 18.4 Å². The molecule has 0 saturated carbocycles. The first-order valence-electron chi connectivity index (χ1n) is 8.26. The summed E-state index contributed by atoms with van der Waals surface area (Å²) in [6, 6.07) is 6.28. The smallest absolute Gasteiger partial charge is 0.258 e. The summed E-state index contributed by atoms with van der Waals surface area (Å²) in [6.45, 7) is 3.26. The van der Waals surface area contributed by atoms with Gasteiger partial charge < -0.3 is 5.32 Å². The van der Waals surface area contributed by atoms with Gasteiger partial charge in [0, 0.05) is 32.0 Å². The highest BCUT2D eigenvalue weighted by atomic mass is 32.2. The second-order valence-electron chi connectivity index (χ2n) is 6.47. The van der Waals surface area contributed by atoms with E-state index in [0.717, 1.165) is 12.8 Å². The second-order valence-corrected chi connectivity index (χ2v) is 8.41. The molecule has 134 valence electrons. The number of nitrogens with one attached hydrogen (secondary N) is 1. The van der Waals surface area contributed by atoms with Crippen LogP contribution in [0.4, 0.5) is 5.69 Å². The number of benzene rings is 1. The van der Waals surface area contributed by atoms with Crippen molar-refractivity contribution in [3.8, 4) is 0 Å². The summed E-state index contributed by atoms with van der Waals surface area (Å²) in [7, 11) is -1.74. The summed E-state index contributed by atoms with van der Waals surface area (Å²) in [5.74, 6) is 0.283. The van der Waals surface area contributed by atoms with Crippen LogP contribution in [-0.4, -0.2) is 41.5 Å². The Kier molecular flexibility index (Phi) is 4.91. The Hall–Kier alpha value is -2.19. The van der Waals surface area contributed by atoms with Crippen LogP contribution in [0.1, 0.15) is 30.1 Å². The Balaban J connectivity index is 1.70. The fourth-order valence-corrected chi connectivity index (χ4v) is 4.30. The van der Waals surface area contributed by atoms with Gasteiger partial charge in [0.2, 0.25) is 10.0 Å². The molecular weight excluding hydrogens is 340 g/mol. The third-order valence-corrected chi connectivity index (χ3v) is 6.37. The van der Waals surface area contributed by atoms with Crippen molar-refractivity contribution in [3.05, 3.63) is 42.2 Å². The van der Waals surface area contributed by atoms with E-state index >= 15 is 0 Å². The van der Waals surface area contributed by atoms with Crippen molar-refractivity contribution in [2.24, 2.45) is 13.0 Å². The lowest BCUT2D eigenvalue weighted by Gasteiger charge is -2.29. The predicted octanol–water partition coefficient (Wildman–Crippen LogP) is 2.09. The molecule has 1 aromatic heterocycles. The molecule has 3 rings (SSSR count). The molecule has 0 radical (unpaired) electrons. The Morgan fingerprint density at radius 2 is 1.84 bits per heavy atom. The third kappa shape index (κ3) is 3.91. The topological polar surface area (TPSA) is 84.3 Å². The number of rotatable bonds is 4. The summed E-state index contributed by atoms with van der Waals surface area (Å²) in [4.78, 5) is 12.3. The largest absolute Gasteiger partial charge is 0.322 e. The first kappa shape index (κ1) is 17.6. The minimum Gasteiger partial charge on any atom is -0.322 e. The molecular formula is C17H22N4O3S. The van der Waals surface area contributed by atoms with Gasteiger partial charge in [0.25, 0.3) is 5.91 Å². The minimum absolute atomic E-state index is 0.251. The van der Waals surface area contributed by atoms with Crippen molar-refractivity contribution >= 4 is 21.6 Å². The first-order valence-corrected chi connectivity index (χ1v) is 9.70. The molecule has 0 bridgehead atoms. The SMILES string of the molecule is CC1CCN(S(=O)(=O)c2ccc(NC(=O)c3cnn(C)c3)cc2)CC1. The van der Waals surface area contributed by atoms with E-state index in [1.54, 1.807) is 30.1 Å². The van der Waals surface area contributed by atoms with Gasteiger partial charge in [-0.1, -0.05) is 6.92 Å². The molecule has 7 nitrogen and oxygen atoms in total. The van der Waals surface area contributed by atoms with Gasteiger partial charge in [0.15, 0.2) is 0 Å². The molecule has 25 heavy (non-hydrogen) atoms. The summed E-state index contributed by atoms with van der Waals surface area (Å²) in [5, 5.41) is 6.69. The Bertz CT molecular complexity index is 850. The number of piperidine rings is 1. The lowest BCUT2D eigenvalue weighted by molar-refractivity contribution is 0.102. The molecule has 2 aromatic rings. The van der Waals surface area contributed by atoms with Crippen LogP contribution in [0.2, 0.25) is 0 Å². The number of aryl methyl sites for hydroxylation is 1. The molecule has 0 atom stereocenters. The highest BCUT2D eigenvalue weighted by Crippen LogP contribution is 2.24. The first-order chi connectivity index (χ1) is 11.9. The van der Waals surface area contributed by atoms with E-state index in [1.165, 1.54) is 22.6 Å². The fraction of sp³-hybridized carbons (Fsp3) is 0.412. The van der Waals surface area contributed by atoms with Crippen molar-refractivity contribution < 1.29 is 13.2 Å². The Labute approximate surface area is 147 Å². The number of amides is 1. The predicted molar refractivity (Wildman–Crippen MR) is 94.8 cm³/mol. The average Bonchev–Trinajstić information content (AvgIpc) is 3.02. The maximum Gasteiger partial charge on any atom is 0.258 e. The van der Waals surface area contributed by atoms with E-state index in [4.69, 9.17) is 0 Å². The van der Waals surface area contributed by atoms with Gasteiger partial charge in [0.1, 0.15) is 0 Å². The quantitative estimate of drug-likeness (QED) is 0.903. The molecule has 0 spiro atoms. The number of sulfonamides is 1. The molecule has 0 unspecified atom stereocenters. The van der Waals surface area contributed by atoms with Crippen LogP contribution >= 0.6 is 0 Å². The van der Waals surface area contributed by atoms with Crippen molar-refractivity contribution in [1.29, 1.82) is 0 Å². The molecule has 1 aliphatic rings. The molecule has 1 amide bonds. The van der Waals surface area contributed by atoms with Crippen LogP contribution in [0.5, 0.6) is 0 Å². The van der Waals surface area contributed by atoms with Crippen LogP contribution < -0.4 is 5.32 Å². The summed E-state index contributed by atoms with van der Waals surface area (Å²) in [6.07, 6.45) is 4.87. The maximum atomic E-state index is 12.7. The van der Waals surface area contributed by atoms with E-state index in [-0.39, 0.29) is 10.8 Å². The molecule has 1 aliphatic heterocycles. The summed E-state index contributed by atoms with van der Waals surface area (Å²) < 4.78 is 28.4. The summed E-state index contributed by atoms with van der Waals surface area (Å²) in [5.41, 5.74) is 0.988. The van der Waals surface area contributed by atoms with Gasteiger partial charge in [0.05, 0.1) is 16.7 Å². The highest BCUT2D eigenvalue weighted by molar-refractivity contribution is 7.89. The fourth-order valence-electron chi connectivity index (χ4n) is 2.83. The van der Waals surface area contributed by atoms with Crippen molar-refractivity contribution in [2.45, 2.75) is 24.7 Å². The second kappa shape index (κ2) is 6.97. The van der Waals surface area contributed by atoms with E-state index in [9.17, 15) is 13.2 Å². The van der Waals surface area contributed by atoms with Gasteiger partial charge in [-0.15, -0.1) is 0 Å². The number of hydrogen-bond donors (Lipinski definition) is 1. The lowest BCUT2D eigenvalue weighted by Crippen LogP contribution is -2.37. The van der Waals surface area contributed by atoms with Crippen molar-refractivity contribution in [3.63, 3.8) is 0 Å². The van der Waals surface area contributed by atoms with Gasteiger partial charge in [-0.2, -0.15) is 9.40 Å². The highest BCUT2D eigenvalue weighted by Gasteiger charge is 2.27. The van der Waals surface area contributed by atoms with Gasteiger partial charge >= 0.3 is 0 Å². The zero-order valence-corrected chi connectivity index (χ0v) is 15.2. The number of aromatic nitrogens is 2. The van der Waals surface area contributed by atoms with Gasteiger partial charge in [-0.25, -0.2) is 8.42 Å². The van der Waals surface area contributed by atoms with E-state index in [2.05, 4.69) is 17.3 Å².